The molecule has 1 fully saturated rings. The minimum Gasteiger partial charge on any atom is -0.481 e. The first-order chi connectivity index (χ1) is 8.31. The molecule has 3 N–H and O–H groups in total. The third-order valence-corrected chi connectivity index (χ3v) is 4.38. The van der Waals surface area contributed by atoms with Crippen LogP contribution < -0.4 is 10.6 Å². The fourth-order valence-corrected chi connectivity index (χ4v) is 2.85. The summed E-state index contributed by atoms with van der Waals surface area (Å²) < 4.78 is 11.1. The van der Waals surface area contributed by atoms with Crippen LogP contribution in [-0.2, 0) is 15.6 Å². The summed E-state index contributed by atoms with van der Waals surface area (Å²) in [5, 5.41) is 14.2. The second-order valence-electron chi connectivity index (χ2n) is 5.14. The number of amides is 2. The Kier molecular flexibility index (Phi) is 5.13. The Bertz CT molecular complexity index is 347. The number of hydrogen-bond acceptors (Lipinski definition) is 3. The van der Waals surface area contributed by atoms with Crippen LogP contribution in [0.25, 0.3) is 0 Å². The minimum atomic E-state index is -0.981. The van der Waals surface area contributed by atoms with E-state index in [0.717, 1.165) is 0 Å². The molecule has 0 aromatic rings. The normalized spacial score (nSPS) is 24.3. The molecular weight excluding hydrogens is 256 g/mol. The second kappa shape index (κ2) is 6.17. The zero-order chi connectivity index (χ0) is 13.8. The SMILES string of the molecule is CC(C)(CNC(=O)NC1CCS(=O)CC1)C(=O)O. The molecule has 0 saturated carbocycles. The molecule has 7 heteroatoms. The Labute approximate surface area is 109 Å². The quantitative estimate of drug-likeness (QED) is 0.688. The molecule has 0 radical (unpaired) electrons. The van der Waals surface area contributed by atoms with Gasteiger partial charge in [0.2, 0.25) is 0 Å². The van der Waals surface area contributed by atoms with E-state index in [1.54, 1.807) is 13.8 Å². The molecule has 0 aromatic carbocycles. The Hall–Kier alpha value is -1.11. The first-order valence-corrected chi connectivity index (χ1v) is 7.43. The van der Waals surface area contributed by atoms with Crippen molar-refractivity contribution in [2.75, 3.05) is 18.1 Å². The topological polar surface area (TPSA) is 95.5 Å². The number of hydrogen-bond donors (Lipinski definition) is 3. The number of aliphatic carboxylic acids is 1. The molecule has 2 amide bonds. The van der Waals surface area contributed by atoms with E-state index in [1.165, 1.54) is 0 Å². The molecule has 0 bridgehead atoms. The first kappa shape index (κ1) is 14.9. The molecule has 1 aliphatic rings. The van der Waals surface area contributed by atoms with E-state index in [1.807, 2.05) is 0 Å². The lowest BCUT2D eigenvalue weighted by atomic mass is 9.94. The van der Waals surface area contributed by atoms with Crippen molar-refractivity contribution < 1.29 is 18.9 Å². The number of carboxylic acids is 1. The highest BCUT2D eigenvalue weighted by Gasteiger charge is 2.28. The van der Waals surface area contributed by atoms with E-state index in [0.29, 0.717) is 24.3 Å². The van der Waals surface area contributed by atoms with Gasteiger partial charge in [-0.25, -0.2) is 4.79 Å². The van der Waals surface area contributed by atoms with Crippen molar-refractivity contribution in [3.05, 3.63) is 0 Å². The lowest BCUT2D eigenvalue weighted by Gasteiger charge is -2.24. The summed E-state index contributed by atoms with van der Waals surface area (Å²) in [5.41, 5.74) is -0.981. The summed E-state index contributed by atoms with van der Waals surface area (Å²) in [4.78, 5) is 22.4. The molecule has 0 unspecified atom stereocenters. The summed E-state index contributed by atoms with van der Waals surface area (Å²) in [6, 6.07) is -0.322. The average molecular weight is 276 g/mol. The van der Waals surface area contributed by atoms with E-state index in [2.05, 4.69) is 10.6 Å². The highest BCUT2D eigenvalue weighted by atomic mass is 32.2. The van der Waals surface area contributed by atoms with Crippen molar-refractivity contribution in [1.29, 1.82) is 0 Å². The van der Waals surface area contributed by atoms with Crippen LogP contribution in [0.3, 0.4) is 0 Å². The molecule has 0 aliphatic carbocycles. The van der Waals surface area contributed by atoms with Gasteiger partial charge in [-0.05, 0) is 26.7 Å². The van der Waals surface area contributed by atoms with Gasteiger partial charge in [-0.15, -0.1) is 0 Å². The van der Waals surface area contributed by atoms with Crippen LogP contribution in [0.15, 0.2) is 0 Å². The Morgan fingerprint density at radius 1 is 1.33 bits per heavy atom. The maximum absolute atomic E-state index is 11.6. The highest BCUT2D eigenvalue weighted by molar-refractivity contribution is 7.85. The van der Waals surface area contributed by atoms with E-state index in [4.69, 9.17) is 5.11 Å². The van der Waals surface area contributed by atoms with Gasteiger partial charge in [-0.2, -0.15) is 0 Å². The lowest BCUT2D eigenvalue weighted by Crippen LogP contribution is -2.48. The van der Waals surface area contributed by atoms with Crippen LogP contribution in [0.2, 0.25) is 0 Å². The van der Waals surface area contributed by atoms with Crippen LogP contribution in [0, 0.1) is 5.41 Å². The van der Waals surface area contributed by atoms with Crippen LogP contribution in [0.1, 0.15) is 26.7 Å². The second-order valence-corrected chi connectivity index (χ2v) is 6.83. The number of urea groups is 1. The van der Waals surface area contributed by atoms with E-state index < -0.39 is 22.2 Å². The molecule has 1 heterocycles. The molecular formula is C11H20N2O4S. The molecule has 0 aromatic heterocycles. The van der Waals surface area contributed by atoms with E-state index in [-0.39, 0.29) is 18.6 Å². The third-order valence-electron chi connectivity index (χ3n) is 2.99. The van der Waals surface area contributed by atoms with Gasteiger partial charge in [0.05, 0.1) is 5.41 Å². The van der Waals surface area contributed by atoms with Crippen LogP contribution in [0.5, 0.6) is 0 Å². The standard InChI is InChI=1S/C11H20N2O4S/c1-11(2,9(14)15)7-12-10(16)13-8-3-5-18(17)6-4-8/h8H,3-7H2,1-2H3,(H,14,15)(H2,12,13,16). The van der Waals surface area contributed by atoms with Crippen molar-refractivity contribution in [3.63, 3.8) is 0 Å². The molecule has 1 aliphatic heterocycles. The summed E-state index contributed by atoms with van der Waals surface area (Å²) in [6.45, 7) is 3.19. The fraction of sp³-hybridized carbons (Fsp3) is 0.818. The van der Waals surface area contributed by atoms with Crippen molar-refractivity contribution in [1.82, 2.24) is 10.6 Å². The molecule has 0 spiro atoms. The van der Waals surface area contributed by atoms with Crippen molar-refractivity contribution in [2.45, 2.75) is 32.7 Å². The molecule has 6 nitrogen and oxygen atoms in total. The zero-order valence-electron chi connectivity index (χ0n) is 10.7. The smallest absolute Gasteiger partial charge is 0.315 e. The molecule has 1 rings (SSSR count). The number of rotatable bonds is 4. The van der Waals surface area contributed by atoms with Gasteiger partial charge < -0.3 is 15.7 Å². The largest absolute Gasteiger partial charge is 0.481 e. The third kappa shape index (κ3) is 4.64. The maximum Gasteiger partial charge on any atom is 0.315 e. The van der Waals surface area contributed by atoms with Crippen LogP contribution in [0.4, 0.5) is 4.79 Å². The van der Waals surface area contributed by atoms with Gasteiger partial charge in [-0.3, -0.25) is 9.00 Å². The van der Waals surface area contributed by atoms with E-state index >= 15 is 0 Å². The summed E-state index contributed by atoms with van der Waals surface area (Å²) in [5.74, 6) is 0.285. The monoisotopic (exact) mass is 276 g/mol. The minimum absolute atomic E-state index is 0.0376. The van der Waals surface area contributed by atoms with Gasteiger partial charge in [0.15, 0.2) is 0 Å². The molecule has 104 valence electrons. The van der Waals surface area contributed by atoms with Gasteiger partial charge in [-0.1, -0.05) is 0 Å². The number of carboxylic acid groups (broad SMARTS) is 1. The predicted molar refractivity (Wildman–Crippen MR) is 68.8 cm³/mol. The van der Waals surface area contributed by atoms with E-state index in [9.17, 15) is 13.8 Å². The molecule has 18 heavy (non-hydrogen) atoms. The van der Waals surface area contributed by atoms with Gasteiger partial charge in [0.1, 0.15) is 0 Å². The zero-order valence-corrected chi connectivity index (χ0v) is 11.5. The highest BCUT2D eigenvalue weighted by Crippen LogP contribution is 2.13. The maximum atomic E-state index is 11.6. The number of carbonyl (C=O) groups excluding carboxylic acids is 1. The summed E-state index contributed by atoms with van der Waals surface area (Å²) >= 11 is 0. The molecule has 1 saturated heterocycles. The van der Waals surface area contributed by atoms with Crippen molar-refractivity contribution in [2.24, 2.45) is 5.41 Å². The molecule has 0 atom stereocenters. The number of carbonyl (C=O) groups is 2. The Morgan fingerprint density at radius 3 is 2.39 bits per heavy atom. The van der Waals surface area contributed by atoms with Crippen LogP contribution >= 0.6 is 0 Å². The predicted octanol–water partition coefficient (Wildman–Crippen LogP) is 0.307. The van der Waals surface area contributed by atoms with Crippen molar-refractivity contribution >= 4 is 22.8 Å². The van der Waals surface area contributed by atoms with Crippen LogP contribution in [-0.4, -0.2) is 45.4 Å². The van der Waals surface area contributed by atoms with Crippen molar-refractivity contribution in [3.8, 4) is 0 Å². The number of nitrogens with one attached hydrogen (secondary N) is 2. The fourth-order valence-electron chi connectivity index (χ4n) is 1.55. The first-order valence-electron chi connectivity index (χ1n) is 5.94. The Morgan fingerprint density at radius 2 is 1.89 bits per heavy atom. The lowest BCUT2D eigenvalue weighted by molar-refractivity contribution is -0.146. The van der Waals surface area contributed by atoms with Gasteiger partial charge in [0, 0.05) is 34.9 Å². The summed E-state index contributed by atoms with van der Waals surface area (Å²) in [7, 11) is -0.749. The Balaban J connectivity index is 2.30. The van der Waals surface area contributed by atoms with Gasteiger partial charge >= 0.3 is 12.0 Å². The summed E-state index contributed by atoms with van der Waals surface area (Å²) in [6.07, 6.45) is 1.42. The van der Waals surface area contributed by atoms with Gasteiger partial charge in [0.25, 0.3) is 0 Å². The average Bonchev–Trinajstić information content (AvgIpc) is 2.29.